The number of hydrogen-bond donors (Lipinski definition) is 0. The lowest BCUT2D eigenvalue weighted by Gasteiger charge is -2.41. The van der Waals surface area contributed by atoms with E-state index < -0.39 is 0 Å². The summed E-state index contributed by atoms with van der Waals surface area (Å²) in [7, 11) is 0. The number of anilines is 2. The first-order valence-electron chi connectivity index (χ1n) is 11.0. The Kier molecular flexibility index (Phi) is 5.69. The van der Waals surface area contributed by atoms with Crippen LogP contribution in [-0.2, 0) is 11.0 Å². The molecule has 0 radical (unpaired) electrons. The molecule has 0 atom stereocenters. The highest BCUT2D eigenvalue weighted by atomic mass is 15.2. The van der Waals surface area contributed by atoms with Crippen molar-refractivity contribution >= 4 is 11.4 Å². The van der Waals surface area contributed by atoms with E-state index in [1.807, 2.05) is 0 Å². The average Bonchev–Trinajstić information content (AvgIpc) is 2.81. The maximum Gasteiger partial charge on any atom is 0.0646 e. The monoisotopic (exact) mass is 405 g/mol. The van der Waals surface area contributed by atoms with Crippen molar-refractivity contribution in [3.63, 3.8) is 0 Å². The van der Waals surface area contributed by atoms with Crippen LogP contribution in [0.4, 0.5) is 11.4 Å². The number of rotatable bonds is 6. The van der Waals surface area contributed by atoms with Gasteiger partial charge in [0.15, 0.2) is 0 Å². The fourth-order valence-electron chi connectivity index (χ4n) is 4.40. The van der Waals surface area contributed by atoms with Gasteiger partial charge in [0.25, 0.3) is 0 Å². The SMILES string of the molecule is CC(C)(c1ccccc1)c1ccc(N(c2ccccc2)C(C)(C)c2ccccc2)cc1. The third-order valence-electron chi connectivity index (χ3n) is 6.40. The maximum atomic E-state index is 2.43. The summed E-state index contributed by atoms with van der Waals surface area (Å²) in [5, 5.41) is 0. The molecule has 0 bridgehead atoms. The minimum atomic E-state index is -0.209. The van der Waals surface area contributed by atoms with Gasteiger partial charge in [0.2, 0.25) is 0 Å². The second-order valence-corrected chi connectivity index (χ2v) is 9.13. The number of para-hydroxylation sites is 1. The summed E-state index contributed by atoms with van der Waals surface area (Å²) in [6, 6.07) is 41.2. The molecule has 0 heterocycles. The molecule has 0 amide bonds. The summed E-state index contributed by atoms with van der Waals surface area (Å²) in [6.45, 7) is 9.16. The smallest absolute Gasteiger partial charge is 0.0646 e. The minimum absolute atomic E-state index is 0.0493. The van der Waals surface area contributed by atoms with E-state index in [4.69, 9.17) is 0 Å². The molecule has 0 saturated carbocycles. The molecule has 0 aliphatic carbocycles. The van der Waals surface area contributed by atoms with E-state index in [1.54, 1.807) is 0 Å². The molecule has 31 heavy (non-hydrogen) atoms. The van der Waals surface area contributed by atoms with Crippen molar-refractivity contribution in [2.75, 3.05) is 4.90 Å². The van der Waals surface area contributed by atoms with E-state index >= 15 is 0 Å². The summed E-state index contributed by atoms with van der Waals surface area (Å²) >= 11 is 0. The Morgan fingerprint density at radius 3 is 1.32 bits per heavy atom. The first-order valence-corrected chi connectivity index (χ1v) is 11.0. The zero-order valence-electron chi connectivity index (χ0n) is 18.9. The second-order valence-electron chi connectivity index (χ2n) is 9.13. The number of hydrogen-bond acceptors (Lipinski definition) is 1. The van der Waals surface area contributed by atoms with Crippen molar-refractivity contribution in [1.29, 1.82) is 0 Å². The van der Waals surface area contributed by atoms with Crippen molar-refractivity contribution in [3.8, 4) is 0 Å². The topological polar surface area (TPSA) is 3.24 Å². The van der Waals surface area contributed by atoms with Gasteiger partial charge in [-0.3, -0.25) is 0 Å². The molecule has 1 heteroatoms. The van der Waals surface area contributed by atoms with Crippen LogP contribution >= 0.6 is 0 Å². The van der Waals surface area contributed by atoms with Crippen molar-refractivity contribution in [2.24, 2.45) is 0 Å². The highest BCUT2D eigenvalue weighted by molar-refractivity contribution is 5.67. The van der Waals surface area contributed by atoms with Crippen molar-refractivity contribution < 1.29 is 0 Å². The molecule has 4 aromatic carbocycles. The van der Waals surface area contributed by atoms with E-state index in [0.717, 1.165) is 0 Å². The summed E-state index contributed by atoms with van der Waals surface area (Å²) in [5.41, 5.74) is 6.04. The van der Waals surface area contributed by atoms with Crippen LogP contribution in [0, 0.1) is 0 Å². The summed E-state index contributed by atoms with van der Waals surface area (Å²) < 4.78 is 0. The summed E-state index contributed by atoms with van der Waals surface area (Å²) in [5.74, 6) is 0. The third-order valence-corrected chi connectivity index (χ3v) is 6.40. The van der Waals surface area contributed by atoms with Crippen LogP contribution in [0.1, 0.15) is 44.4 Å². The zero-order chi connectivity index (χ0) is 21.9. The van der Waals surface area contributed by atoms with Crippen molar-refractivity contribution in [3.05, 3.63) is 132 Å². The van der Waals surface area contributed by atoms with Crippen LogP contribution in [0.15, 0.2) is 115 Å². The Labute approximate surface area is 187 Å². The highest BCUT2D eigenvalue weighted by Crippen LogP contribution is 2.40. The van der Waals surface area contributed by atoms with Crippen molar-refractivity contribution in [2.45, 2.75) is 38.6 Å². The molecule has 156 valence electrons. The first-order chi connectivity index (χ1) is 14.9. The van der Waals surface area contributed by atoms with E-state index in [-0.39, 0.29) is 11.0 Å². The molecule has 0 fully saturated rings. The average molecular weight is 406 g/mol. The summed E-state index contributed by atoms with van der Waals surface area (Å²) in [4.78, 5) is 2.43. The van der Waals surface area contributed by atoms with Gasteiger partial charge in [0.05, 0.1) is 5.54 Å². The Balaban J connectivity index is 1.77. The Bertz CT molecular complexity index is 1100. The van der Waals surface area contributed by atoms with Gasteiger partial charge >= 0.3 is 0 Å². The molecule has 0 aromatic heterocycles. The fourth-order valence-corrected chi connectivity index (χ4v) is 4.40. The van der Waals surface area contributed by atoms with E-state index in [2.05, 4.69) is 148 Å². The van der Waals surface area contributed by atoms with E-state index in [9.17, 15) is 0 Å². The van der Waals surface area contributed by atoms with Crippen LogP contribution < -0.4 is 4.90 Å². The molecule has 0 N–H and O–H groups in total. The van der Waals surface area contributed by atoms with Gasteiger partial charge in [-0.05, 0) is 54.8 Å². The molecule has 0 saturated heterocycles. The minimum Gasteiger partial charge on any atom is -0.332 e. The summed E-state index contributed by atoms with van der Waals surface area (Å²) in [6.07, 6.45) is 0. The lowest BCUT2D eigenvalue weighted by atomic mass is 9.78. The standard InChI is InChI=1S/C30H31N/c1-29(2,24-14-8-5-9-15-24)25-20-22-28(23-21-25)31(27-18-12-7-13-19-27)30(3,4)26-16-10-6-11-17-26/h5-23H,1-4H3. The highest BCUT2D eigenvalue weighted by Gasteiger charge is 2.31. The maximum absolute atomic E-state index is 2.43. The van der Waals surface area contributed by atoms with E-state index in [0.29, 0.717) is 0 Å². The lowest BCUT2D eigenvalue weighted by Crippen LogP contribution is -2.38. The predicted molar refractivity (Wildman–Crippen MR) is 133 cm³/mol. The van der Waals surface area contributed by atoms with Crippen LogP contribution in [-0.4, -0.2) is 0 Å². The second kappa shape index (κ2) is 8.43. The predicted octanol–water partition coefficient (Wildman–Crippen LogP) is 8.09. The van der Waals surface area contributed by atoms with E-state index in [1.165, 1.54) is 28.1 Å². The van der Waals surface area contributed by atoms with Gasteiger partial charge in [-0.2, -0.15) is 0 Å². The molecule has 1 nitrogen and oxygen atoms in total. The molecular weight excluding hydrogens is 374 g/mol. The molecule has 0 aliphatic heterocycles. The molecule has 0 spiro atoms. The lowest BCUT2D eigenvalue weighted by molar-refractivity contribution is 0.535. The first kappa shape index (κ1) is 20.9. The Morgan fingerprint density at radius 1 is 0.419 bits per heavy atom. The quantitative estimate of drug-likeness (QED) is 0.313. The molecule has 4 rings (SSSR count). The third kappa shape index (κ3) is 4.14. The largest absolute Gasteiger partial charge is 0.332 e. The molecule has 4 aromatic rings. The fraction of sp³-hybridized carbons (Fsp3) is 0.200. The van der Waals surface area contributed by atoms with Gasteiger partial charge < -0.3 is 4.90 Å². The number of benzene rings is 4. The Morgan fingerprint density at radius 2 is 0.806 bits per heavy atom. The van der Waals surface area contributed by atoms with Gasteiger partial charge in [0, 0.05) is 16.8 Å². The van der Waals surface area contributed by atoms with Crippen molar-refractivity contribution in [1.82, 2.24) is 0 Å². The van der Waals surface area contributed by atoms with Gasteiger partial charge in [-0.25, -0.2) is 0 Å². The van der Waals surface area contributed by atoms with Crippen LogP contribution in [0.2, 0.25) is 0 Å². The Hall–Kier alpha value is -3.32. The zero-order valence-corrected chi connectivity index (χ0v) is 18.9. The van der Waals surface area contributed by atoms with Gasteiger partial charge in [0.1, 0.15) is 0 Å². The van der Waals surface area contributed by atoms with Gasteiger partial charge in [-0.15, -0.1) is 0 Å². The number of nitrogens with zero attached hydrogens (tertiary/aromatic N) is 1. The van der Waals surface area contributed by atoms with Crippen LogP contribution in [0.5, 0.6) is 0 Å². The van der Waals surface area contributed by atoms with Crippen LogP contribution in [0.25, 0.3) is 0 Å². The molecule has 0 aliphatic rings. The molecule has 0 unspecified atom stereocenters. The normalized spacial score (nSPS) is 11.9. The van der Waals surface area contributed by atoms with Crippen LogP contribution in [0.3, 0.4) is 0 Å². The molecular formula is C30H31N. The van der Waals surface area contributed by atoms with Gasteiger partial charge in [-0.1, -0.05) is 105 Å².